The molecule has 1 amide bonds. The minimum Gasteiger partial charge on any atom is -0.379 e. The molecule has 0 aromatic heterocycles. The molecule has 31 heavy (non-hydrogen) atoms. The van der Waals surface area contributed by atoms with Crippen molar-refractivity contribution in [1.29, 1.82) is 0 Å². The number of amides is 1. The number of benzene rings is 3. The molecule has 3 aromatic rings. The van der Waals surface area contributed by atoms with Crippen molar-refractivity contribution < 1.29 is 13.9 Å². The van der Waals surface area contributed by atoms with Gasteiger partial charge in [0.05, 0.1) is 13.2 Å². The molecule has 1 aliphatic heterocycles. The SMILES string of the molecule is O=C(Nc1ccc(F)cc1)[C@H](Nc1ccc(CN2CCOCC2)cc1)c1ccccc1. The van der Waals surface area contributed by atoms with Gasteiger partial charge in [-0.05, 0) is 47.5 Å². The molecule has 0 unspecified atom stereocenters. The summed E-state index contributed by atoms with van der Waals surface area (Å²) >= 11 is 0. The Hall–Kier alpha value is -3.22. The van der Waals surface area contributed by atoms with Gasteiger partial charge in [0.1, 0.15) is 11.9 Å². The van der Waals surface area contributed by atoms with Crippen molar-refractivity contribution >= 4 is 17.3 Å². The predicted octanol–water partition coefficient (Wildman–Crippen LogP) is 4.45. The number of anilines is 2. The molecule has 5 nitrogen and oxygen atoms in total. The standard InChI is InChI=1S/C25H26FN3O2/c26-21-8-12-23(13-9-21)28-25(30)24(20-4-2-1-3-5-20)27-22-10-6-19(7-11-22)18-29-14-16-31-17-15-29/h1-13,24,27H,14-18H2,(H,28,30)/t24-/m1/s1. The fourth-order valence-electron chi connectivity index (χ4n) is 3.58. The van der Waals surface area contributed by atoms with Gasteiger partial charge in [-0.15, -0.1) is 0 Å². The molecule has 0 saturated carbocycles. The molecule has 1 saturated heterocycles. The number of carbonyl (C=O) groups is 1. The zero-order chi connectivity index (χ0) is 21.5. The lowest BCUT2D eigenvalue weighted by Gasteiger charge is -2.26. The van der Waals surface area contributed by atoms with Crippen LogP contribution in [0.1, 0.15) is 17.2 Å². The van der Waals surface area contributed by atoms with Gasteiger partial charge in [0.25, 0.3) is 5.91 Å². The molecule has 160 valence electrons. The molecule has 0 spiro atoms. The summed E-state index contributed by atoms with van der Waals surface area (Å²) in [4.78, 5) is 15.4. The van der Waals surface area contributed by atoms with Crippen LogP contribution >= 0.6 is 0 Å². The third-order valence-electron chi connectivity index (χ3n) is 5.28. The second kappa shape index (κ2) is 10.2. The Labute approximate surface area is 181 Å². The van der Waals surface area contributed by atoms with E-state index in [1.54, 1.807) is 12.1 Å². The van der Waals surface area contributed by atoms with Crippen LogP contribution in [0.3, 0.4) is 0 Å². The molecule has 3 aromatic carbocycles. The van der Waals surface area contributed by atoms with Gasteiger partial charge in [0.15, 0.2) is 0 Å². The van der Waals surface area contributed by atoms with Crippen LogP contribution in [-0.4, -0.2) is 37.1 Å². The topological polar surface area (TPSA) is 53.6 Å². The molecule has 1 heterocycles. The highest BCUT2D eigenvalue weighted by Crippen LogP contribution is 2.23. The van der Waals surface area contributed by atoms with Crippen LogP contribution in [0.25, 0.3) is 0 Å². The van der Waals surface area contributed by atoms with E-state index in [4.69, 9.17) is 4.74 Å². The average molecular weight is 420 g/mol. The van der Waals surface area contributed by atoms with E-state index >= 15 is 0 Å². The maximum absolute atomic E-state index is 13.2. The normalized spacial score (nSPS) is 15.3. The zero-order valence-corrected chi connectivity index (χ0v) is 17.3. The van der Waals surface area contributed by atoms with Crippen molar-refractivity contribution in [2.75, 3.05) is 36.9 Å². The van der Waals surface area contributed by atoms with Crippen molar-refractivity contribution in [3.05, 3.63) is 95.8 Å². The van der Waals surface area contributed by atoms with E-state index in [0.717, 1.165) is 44.1 Å². The van der Waals surface area contributed by atoms with Crippen molar-refractivity contribution in [1.82, 2.24) is 4.90 Å². The summed E-state index contributed by atoms with van der Waals surface area (Å²) in [5.41, 5.74) is 3.47. The summed E-state index contributed by atoms with van der Waals surface area (Å²) in [7, 11) is 0. The molecule has 1 fully saturated rings. The average Bonchev–Trinajstić information content (AvgIpc) is 2.81. The highest BCUT2D eigenvalue weighted by atomic mass is 19.1. The van der Waals surface area contributed by atoms with Crippen LogP contribution < -0.4 is 10.6 Å². The third kappa shape index (κ3) is 5.90. The Morgan fingerprint density at radius 3 is 2.23 bits per heavy atom. The van der Waals surface area contributed by atoms with Gasteiger partial charge in [-0.3, -0.25) is 9.69 Å². The van der Waals surface area contributed by atoms with Crippen molar-refractivity contribution in [3.8, 4) is 0 Å². The van der Waals surface area contributed by atoms with E-state index in [0.29, 0.717) is 5.69 Å². The van der Waals surface area contributed by atoms with Crippen molar-refractivity contribution in [2.45, 2.75) is 12.6 Å². The Bertz CT molecular complexity index is 972. The minimum atomic E-state index is -0.587. The van der Waals surface area contributed by atoms with Crippen LogP contribution in [-0.2, 0) is 16.1 Å². The Balaban J connectivity index is 1.46. The Kier molecular flexibility index (Phi) is 6.92. The fourth-order valence-corrected chi connectivity index (χ4v) is 3.58. The van der Waals surface area contributed by atoms with Gasteiger partial charge in [0.2, 0.25) is 0 Å². The molecular formula is C25H26FN3O2. The van der Waals surface area contributed by atoms with E-state index in [2.05, 4.69) is 27.7 Å². The Morgan fingerprint density at radius 2 is 1.55 bits per heavy atom. The quantitative estimate of drug-likeness (QED) is 0.594. The number of hydrogen-bond acceptors (Lipinski definition) is 4. The summed E-state index contributed by atoms with van der Waals surface area (Å²) in [6.07, 6.45) is 0. The molecule has 6 heteroatoms. The van der Waals surface area contributed by atoms with Crippen molar-refractivity contribution in [2.24, 2.45) is 0 Å². The number of nitrogens with one attached hydrogen (secondary N) is 2. The smallest absolute Gasteiger partial charge is 0.251 e. The first-order valence-electron chi connectivity index (χ1n) is 10.4. The maximum atomic E-state index is 13.2. The summed E-state index contributed by atoms with van der Waals surface area (Å²) in [5.74, 6) is -0.553. The van der Waals surface area contributed by atoms with Gasteiger partial charge >= 0.3 is 0 Å². The lowest BCUT2D eigenvalue weighted by Crippen LogP contribution is -2.35. The summed E-state index contributed by atoms with van der Waals surface area (Å²) in [6, 6.07) is 22.9. The van der Waals surface area contributed by atoms with Gasteiger partial charge in [0, 0.05) is 31.0 Å². The first kappa shape index (κ1) is 21.0. The van der Waals surface area contributed by atoms with E-state index in [1.807, 2.05) is 42.5 Å². The van der Waals surface area contributed by atoms with Gasteiger partial charge in [-0.1, -0.05) is 42.5 Å². The third-order valence-corrected chi connectivity index (χ3v) is 5.28. The van der Waals surface area contributed by atoms with Gasteiger partial charge < -0.3 is 15.4 Å². The number of morpholine rings is 1. The molecule has 0 radical (unpaired) electrons. The molecule has 4 rings (SSSR count). The summed E-state index contributed by atoms with van der Waals surface area (Å²) in [6.45, 7) is 4.33. The molecular weight excluding hydrogens is 393 g/mol. The van der Waals surface area contributed by atoms with E-state index in [-0.39, 0.29) is 11.7 Å². The molecule has 2 N–H and O–H groups in total. The van der Waals surface area contributed by atoms with E-state index in [1.165, 1.54) is 17.7 Å². The Morgan fingerprint density at radius 1 is 0.903 bits per heavy atom. The number of nitrogens with zero attached hydrogens (tertiary/aromatic N) is 1. The first-order chi connectivity index (χ1) is 15.2. The van der Waals surface area contributed by atoms with E-state index in [9.17, 15) is 9.18 Å². The number of carbonyl (C=O) groups excluding carboxylic acids is 1. The monoisotopic (exact) mass is 419 g/mol. The minimum absolute atomic E-state index is 0.213. The predicted molar refractivity (Wildman–Crippen MR) is 120 cm³/mol. The fraction of sp³-hybridized carbons (Fsp3) is 0.240. The first-order valence-corrected chi connectivity index (χ1v) is 10.4. The molecule has 1 aliphatic rings. The maximum Gasteiger partial charge on any atom is 0.251 e. The molecule has 0 bridgehead atoms. The second-order valence-electron chi connectivity index (χ2n) is 7.57. The lowest BCUT2D eigenvalue weighted by atomic mass is 10.1. The highest BCUT2D eigenvalue weighted by Gasteiger charge is 2.21. The van der Waals surface area contributed by atoms with Crippen LogP contribution in [0.5, 0.6) is 0 Å². The summed E-state index contributed by atoms with van der Waals surface area (Å²) < 4.78 is 18.6. The molecule has 1 atom stereocenters. The van der Waals surface area contributed by atoms with Crippen LogP contribution in [0.2, 0.25) is 0 Å². The zero-order valence-electron chi connectivity index (χ0n) is 17.3. The second-order valence-corrected chi connectivity index (χ2v) is 7.57. The highest BCUT2D eigenvalue weighted by molar-refractivity contribution is 5.97. The van der Waals surface area contributed by atoms with Gasteiger partial charge in [-0.25, -0.2) is 4.39 Å². The van der Waals surface area contributed by atoms with E-state index < -0.39 is 6.04 Å². The number of halogens is 1. The largest absolute Gasteiger partial charge is 0.379 e. The lowest BCUT2D eigenvalue weighted by molar-refractivity contribution is -0.117. The number of hydrogen-bond donors (Lipinski definition) is 2. The van der Waals surface area contributed by atoms with Crippen LogP contribution in [0.4, 0.5) is 15.8 Å². The van der Waals surface area contributed by atoms with Crippen LogP contribution in [0.15, 0.2) is 78.9 Å². The van der Waals surface area contributed by atoms with Crippen molar-refractivity contribution in [3.63, 3.8) is 0 Å². The van der Waals surface area contributed by atoms with Crippen LogP contribution in [0, 0.1) is 5.82 Å². The summed E-state index contributed by atoms with van der Waals surface area (Å²) in [5, 5.41) is 6.20. The number of ether oxygens (including phenoxy) is 1. The molecule has 0 aliphatic carbocycles. The number of rotatable bonds is 7. The van der Waals surface area contributed by atoms with Gasteiger partial charge in [-0.2, -0.15) is 0 Å².